The standard InChI is InChI=1S/C31H37N3O5/c1-4-33(5-2)12-15-37-31-25-19-26(35-3)28(36-14-13-34-10-6-7-11-34)18-24(25)22-9-8-21-16-27-29(39-20-38-27)17-23(21)30(22)32-31/h8-9,16-19H,4-7,10-15,20H2,1-3H3. The van der Waals surface area contributed by atoms with Gasteiger partial charge in [-0.05, 0) is 68.7 Å². The molecule has 0 amide bonds. The Balaban J connectivity index is 1.45. The number of hydrogen-bond donors (Lipinski definition) is 0. The molecule has 6 rings (SSSR count). The lowest BCUT2D eigenvalue weighted by molar-refractivity contribution is 0.174. The van der Waals surface area contributed by atoms with E-state index in [2.05, 4.69) is 41.8 Å². The molecule has 3 heterocycles. The Morgan fingerprint density at radius 2 is 1.62 bits per heavy atom. The number of aromatic nitrogens is 1. The number of methoxy groups -OCH3 is 1. The van der Waals surface area contributed by atoms with Gasteiger partial charge < -0.3 is 28.6 Å². The molecule has 3 aromatic carbocycles. The number of ether oxygens (including phenoxy) is 5. The van der Waals surface area contributed by atoms with Gasteiger partial charge in [-0.15, -0.1) is 0 Å². The van der Waals surface area contributed by atoms with Crippen LogP contribution < -0.4 is 23.7 Å². The number of likely N-dealkylation sites (tertiary alicyclic amines) is 1. The third kappa shape index (κ3) is 5.11. The highest BCUT2D eigenvalue weighted by atomic mass is 16.7. The summed E-state index contributed by atoms with van der Waals surface area (Å²) in [5, 5.41) is 5.00. The Morgan fingerprint density at radius 3 is 2.38 bits per heavy atom. The van der Waals surface area contributed by atoms with Gasteiger partial charge >= 0.3 is 0 Å². The van der Waals surface area contributed by atoms with Crippen LogP contribution >= 0.6 is 0 Å². The van der Waals surface area contributed by atoms with E-state index >= 15 is 0 Å². The number of likely N-dealkylation sites (N-methyl/N-ethyl adjacent to an activating group) is 1. The lowest BCUT2D eigenvalue weighted by Gasteiger charge is -2.20. The van der Waals surface area contributed by atoms with Crippen LogP contribution in [0.4, 0.5) is 0 Å². The van der Waals surface area contributed by atoms with E-state index in [9.17, 15) is 0 Å². The Labute approximate surface area is 229 Å². The van der Waals surface area contributed by atoms with E-state index in [1.807, 2.05) is 18.2 Å². The Hall–Kier alpha value is -3.49. The maximum atomic E-state index is 6.38. The van der Waals surface area contributed by atoms with Gasteiger partial charge in [-0.1, -0.05) is 26.0 Å². The fourth-order valence-corrected chi connectivity index (χ4v) is 5.64. The van der Waals surface area contributed by atoms with Crippen molar-refractivity contribution >= 4 is 32.4 Å². The molecule has 0 saturated carbocycles. The largest absolute Gasteiger partial charge is 0.493 e. The Bertz CT molecular complexity index is 1480. The Kier molecular flexibility index (Phi) is 7.48. The van der Waals surface area contributed by atoms with Crippen LogP contribution in [0, 0.1) is 0 Å². The van der Waals surface area contributed by atoms with Crippen LogP contribution in [0.2, 0.25) is 0 Å². The van der Waals surface area contributed by atoms with Crippen molar-refractivity contribution in [3.8, 4) is 28.9 Å². The number of rotatable bonds is 11. The van der Waals surface area contributed by atoms with Gasteiger partial charge in [0.2, 0.25) is 12.7 Å². The first-order valence-electron chi connectivity index (χ1n) is 14.1. The normalized spacial score (nSPS) is 15.2. The number of benzene rings is 3. The number of pyridine rings is 1. The summed E-state index contributed by atoms with van der Waals surface area (Å²) < 4.78 is 29.8. The maximum Gasteiger partial charge on any atom is 0.231 e. The second-order valence-corrected chi connectivity index (χ2v) is 10.1. The van der Waals surface area contributed by atoms with Crippen molar-refractivity contribution in [2.45, 2.75) is 26.7 Å². The van der Waals surface area contributed by atoms with Crippen molar-refractivity contribution < 1.29 is 23.7 Å². The molecular formula is C31H37N3O5. The summed E-state index contributed by atoms with van der Waals surface area (Å²) in [6.07, 6.45) is 2.54. The molecule has 0 unspecified atom stereocenters. The molecule has 0 radical (unpaired) electrons. The van der Waals surface area contributed by atoms with E-state index in [0.29, 0.717) is 24.8 Å². The molecule has 8 heteroatoms. The van der Waals surface area contributed by atoms with E-state index < -0.39 is 0 Å². The average Bonchev–Trinajstić information content (AvgIpc) is 3.65. The van der Waals surface area contributed by atoms with Crippen molar-refractivity contribution in [3.05, 3.63) is 36.4 Å². The lowest BCUT2D eigenvalue weighted by Crippen LogP contribution is -2.28. The SMILES string of the molecule is CCN(CC)CCOc1nc2c3cc4c(cc3ccc2c2cc(OCCN3CCCC3)c(OC)cc12)OCO4. The van der Waals surface area contributed by atoms with Crippen LogP contribution in [-0.2, 0) is 0 Å². The molecule has 0 aliphatic carbocycles. The summed E-state index contributed by atoms with van der Waals surface area (Å²) in [5.41, 5.74) is 0.865. The summed E-state index contributed by atoms with van der Waals surface area (Å²) in [5.74, 6) is 3.51. The molecule has 0 spiro atoms. The molecule has 1 aromatic heterocycles. The van der Waals surface area contributed by atoms with Gasteiger partial charge in [0.05, 0.1) is 12.6 Å². The van der Waals surface area contributed by atoms with E-state index in [-0.39, 0.29) is 6.79 Å². The number of fused-ring (bicyclic) bond motifs is 6. The second kappa shape index (κ2) is 11.3. The van der Waals surface area contributed by atoms with Crippen molar-refractivity contribution in [2.24, 2.45) is 0 Å². The van der Waals surface area contributed by atoms with E-state index in [0.717, 1.165) is 89.0 Å². The van der Waals surface area contributed by atoms with Gasteiger partial charge in [0.1, 0.15) is 13.2 Å². The van der Waals surface area contributed by atoms with E-state index in [4.69, 9.17) is 28.7 Å². The summed E-state index contributed by atoms with van der Waals surface area (Å²) in [4.78, 5) is 9.87. The summed E-state index contributed by atoms with van der Waals surface area (Å²) in [6, 6.07) is 12.4. The number of hydrogen-bond acceptors (Lipinski definition) is 8. The molecule has 4 aromatic rings. The summed E-state index contributed by atoms with van der Waals surface area (Å²) in [6.45, 7) is 11.7. The van der Waals surface area contributed by atoms with Crippen molar-refractivity contribution in [1.29, 1.82) is 0 Å². The second-order valence-electron chi connectivity index (χ2n) is 10.1. The van der Waals surface area contributed by atoms with E-state index in [1.54, 1.807) is 7.11 Å². The summed E-state index contributed by atoms with van der Waals surface area (Å²) >= 11 is 0. The molecule has 1 fully saturated rings. The molecule has 206 valence electrons. The third-order valence-electron chi connectivity index (χ3n) is 7.93. The van der Waals surface area contributed by atoms with Crippen molar-refractivity contribution in [2.75, 3.05) is 66.4 Å². The predicted octanol–water partition coefficient (Wildman–Crippen LogP) is 5.47. The van der Waals surface area contributed by atoms with Gasteiger partial charge in [0.25, 0.3) is 0 Å². The van der Waals surface area contributed by atoms with Crippen LogP contribution in [0.1, 0.15) is 26.7 Å². The zero-order valence-corrected chi connectivity index (χ0v) is 23.1. The topological polar surface area (TPSA) is 65.5 Å². The minimum atomic E-state index is 0.234. The Morgan fingerprint density at radius 1 is 0.846 bits per heavy atom. The first-order valence-corrected chi connectivity index (χ1v) is 14.1. The van der Waals surface area contributed by atoms with Gasteiger partial charge in [-0.2, -0.15) is 0 Å². The molecule has 1 saturated heterocycles. The van der Waals surface area contributed by atoms with Gasteiger partial charge in [-0.3, -0.25) is 4.90 Å². The van der Waals surface area contributed by atoms with Gasteiger partial charge in [-0.25, -0.2) is 4.98 Å². The third-order valence-corrected chi connectivity index (χ3v) is 7.93. The predicted molar refractivity (Wildman–Crippen MR) is 154 cm³/mol. The van der Waals surface area contributed by atoms with Crippen LogP contribution in [0.5, 0.6) is 28.9 Å². The average molecular weight is 532 g/mol. The molecule has 39 heavy (non-hydrogen) atoms. The van der Waals surface area contributed by atoms with Crippen LogP contribution in [0.3, 0.4) is 0 Å². The lowest BCUT2D eigenvalue weighted by atomic mass is 10.0. The zero-order valence-electron chi connectivity index (χ0n) is 23.1. The van der Waals surface area contributed by atoms with Crippen molar-refractivity contribution in [3.63, 3.8) is 0 Å². The number of nitrogens with zero attached hydrogens (tertiary/aromatic N) is 3. The monoisotopic (exact) mass is 531 g/mol. The van der Waals surface area contributed by atoms with Crippen LogP contribution in [0.25, 0.3) is 32.4 Å². The van der Waals surface area contributed by atoms with Gasteiger partial charge in [0, 0.05) is 34.6 Å². The minimum Gasteiger partial charge on any atom is -0.493 e. The van der Waals surface area contributed by atoms with Crippen molar-refractivity contribution in [1.82, 2.24) is 14.8 Å². The molecule has 8 nitrogen and oxygen atoms in total. The minimum absolute atomic E-state index is 0.234. The first-order chi connectivity index (χ1) is 19.2. The highest BCUT2D eigenvalue weighted by Crippen LogP contribution is 2.43. The molecule has 2 aliphatic rings. The maximum absolute atomic E-state index is 6.38. The zero-order chi connectivity index (χ0) is 26.8. The van der Waals surface area contributed by atoms with Gasteiger partial charge in [0.15, 0.2) is 23.0 Å². The van der Waals surface area contributed by atoms with Crippen LogP contribution in [-0.4, -0.2) is 81.2 Å². The molecule has 0 bridgehead atoms. The molecule has 2 aliphatic heterocycles. The fraction of sp³-hybridized carbons (Fsp3) is 0.452. The van der Waals surface area contributed by atoms with Crippen LogP contribution in [0.15, 0.2) is 36.4 Å². The highest BCUT2D eigenvalue weighted by Gasteiger charge is 2.20. The molecular weight excluding hydrogens is 494 g/mol. The molecule has 0 N–H and O–H groups in total. The van der Waals surface area contributed by atoms with E-state index in [1.165, 1.54) is 12.8 Å². The molecule has 0 atom stereocenters. The fourth-order valence-electron chi connectivity index (χ4n) is 5.64. The first kappa shape index (κ1) is 25.8. The quantitative estimate of drug-likeness (QED) is 0.236. The summed E-state index contributed by atoms with van der Waals surface area (Å²) in [7, 11) is 1.68. The smallest absolute Gasteiger partial charge is 0.231 e. The highest BCUT2D eigenvalue weighted by molar-refractivity contribution is 6.17.